The monoisotopic (exact) mass is 547 g/mol. The molecule has 0 saturated carbocycles. The number of carbonyl (C=O) groups excluding carboxylic acids is 2. The van der Waals surface area contributed by atoms with Gasteiger partial charge in [-0.15, -0.1) is 0 Å². The number of nitrogens with one attached hydrogen (secondary N) is 1. The lowest BCUT2D eigenvalue weighted by Gasteiger charge is -2.38. The molecule has 1 fully saturated rings. The molecule has 0 radical (unpaired) electrons. The maximum absolute atomic E-state index is 13.4. The summed E-state index contributed by atoms with van der Waals surface area (Å²) in [6, 6.07) is 12.9. The van der Waals surface area contributed by atoms with Crippen LogP contribution in [0.25, 0.3) is 11.3 Å². The van der Waals surface area contributed by atoms with E-state index in [-0.39, 0.29) is 35.7 Å². The molecule has 1 saturated heterocycles. The minimum Gasteiger partial charge on any atom is -0.398 e. The van der Waals surface area contributed by atoms with Gasteiger partial charge in [-0.05, 0) is 29.2 Å². The van der Waals surface area contributed by atoms with Crippen LogP contribution in [0.2, 0.25) is 5.02 Å². The lowest BCUT2D eigenvalue weighted by molar-refractivity contribution is -0.130. The van der Waals surface area contributed by atoms with E-state index in [1.54, 1.807) is 22.6 Å². The number of carbonyl (C=O) groups is 2. The molecule has 0 spiro atoms. The second-order valence-corrected chi connectivity index (χ2v) is 11.0. The van der Waals surface area contributed by atoms with Crippen molar-refractivity contribution in [3.63, 3.8) is 0 Å². The van der Waals surface area contributed by atoms with Crippen molar-refractivity contribution in [2.75, 3.05) is 18.8 Å². The van der Waals surface area contributed by atoms with Crippen LogP contribution in [0, 0.1) is 0 Å². The minimum absolute atomic E-state index is 0.132. The SMILES string of the molecule is C=CC(=O)N1CC(NC(=O)c2c(-c3ccccc3)nc(CN=C(N)c3cc(C(C)(C)C)c(Cl)cc3N)n2C)C1. The summed E-state index contributed by atoms with van der Waals surface area (Å²) in [6.07, 6.45) is 1.27. The van der Waals surface area contributed by atoms with Crippen molar-refractivity contribution in [3.8, 4) is 11.3 Å². The van der Waals surface area contributed by atoms with E-state index in [9.17, 15) is 9.59 Å². The number of likely N-dealkylation sites (tertiary alicyclic amines) is 1. The van der Waals surface area contributed by atoms with Crippen molar-refractivity contribution in [3.05, 3.63) is 82.8 Å². The molecule has 9 nitrogen and oxygen atoms in total. The average molecular weight is 548 g/mol. The molecule has 204 valence electrons. The maximum Gasteiger partial charge on any atom is 0.270 e. The molecular weight excluding hydrogens is 514 g/mol. The molecule has 0 bridgehead atoms. The molecule has 4 rings (SSSR count). The summed E-state index contributed by atoms with van der Waals surface area (Å²) in [6.45, 7) is 10.7. The summed E-state index contributed by atoms with van der Waals surface area (Å²) in [5, 5.41) is 3.59. The topological polar surface area (TPSA) is 132 Å². The number of nitrogens with zero attached hydrogens (tertiary/aromatic N) is 4. The zero-order chi connectivity index (χ0) is 28.5. The lowest BCUT2D eigenvalue weighted by Crippen LogP contribution is -2.60. The fourth-order valence-corrected chi connectivity index (χ4v) is 4.96. The zero-order valence-electron chi connectivity index (χ0n) is 22.7. The van der Waals surface area contributed by atoms with E-state index >= 15 is 0 Å². The van der Waals surface area contributed by atoms with E-state index < -0.39 is 0 Å². The number of amidine groups is 1. The van der Waals surface area contributed by atoms with Gasteiger partial charge in [0.1, 0.15) is 23.0 Å². The normalized spacial score (nSPS) is 14.2. The van der Waals surface area contributed by atoms with Crippen LogP contribution in [0.15, 0.2) is 60.1 Å². The average Bonchev–Trinajstić information content (AvgIpc) is 3.19. The van der Waals surface area contributed by atoms with Gasteiger partial charge < -0.3 is 26.3 Å². The molecule has 39 heavy (non-hydrogen) atoms. The highest BCUT2D eigenvalue weighted by Crippen LogP contribution is 2.33. The Balaban J connectivity index is 1.63. The Kier molecular flexibility index (Phi) is 7.83. The largest absolute Gasteiger partial charge is 0.398 e. The summed E-state index contributed by atoms with van der Waals surface area (Å²) in [5.74, 6) is 0.383. The summed E-state index contributed by atoms with van der Waals surface area (Å²) in [4.78, 5) is 36.1. The standard InChI is InChI=1S/C29H34ClN7O2/c1-6-24(38)37-15-18(16-37)34-28(39)26-25(17-10-8-7-9-11-17)35-23(36(26)5)14-33-27(32)19-12-20(29(2,3)4)21(30)13-22(19)31/h6-13,18H,1,14-16,31H2,2-5H3,(H2,32,33)(H,34,39). The van der Waals surface area contributed by atoms with Crippen LogP contribution in [0.5, 0.6) is 0 Å². The van der Waals surface area contributed by atoms with E-state index in [2.05, 4.69) is 37.7 Å². The predicted octanol–water partition coefficient (Wildman–Crippen LogP) is 3.65. The van der Waals surface area contributed by atoms with E-state index in [4.69, 9.17) is 28.1 Å². The van der Waals surface area contributed by atoms with Gasteiger partial charge in [0, 0.05) is 42.0 Å². The predicted molar refractivity (Wildman–Crippen MR) is 156 cm³/mol. The number of hydrogen-bond donors (Lipinski definition) is 3. The van der Waals surface area contributed by atoms with Gasteiger partial charge in [0.15, 0.2) is 0 Å². The van der Waals surface area contributed by atoms with Crippen LogP contribution in [0.1, 0.15) is 48.2 Å². The Bertz CT molecular complexity index is 1450. The Hall–Kier alpha value is -4.11. The third-order valence-electron chi connectivity index (χ3n) is 6.77. The highest BCUT2D eigenvalue weighted by atomic mass is 35.5. The van der Waals surface area contributed by atoms with Crippen molar-refractivity contribution in [1.29, 1.82) is 0 Å². The molecule has 2 amide bonds. The highest BCUT2D eigenvalue weighted by molar-refractivity contribution is 6.32. The van der Waals surface area contributed by atoms with Crippen LogP contribution in [0.3, 0.4) is 0 Å². The molecule has 0 atom stereocenters. The van der Waals surface area contributed by atoms with Gasteiger partial charge in [-0.1, -0.05) is 69.3 Å². The van der Waals surface area contributed by atoms with Gasteiger partial charge in [-0.2, -0.15) is 0 Å². The van der Waals surface area contributed by atoms with Crippen molar-refractivity contribution < 1.29 is 9.59 Å². The lowest BCUT2D eigenvalue weighted by atomic mass is 9.85. The van der Waals surface area contributed by atoms with E-state index in [0.29, 0.717) is 46.6 Å². The third kappa shape index (κ3) is 5.83. The molecule has 0 unspecified atom stereocenters. The van der Waals surface area contributed by atoms with Gasteiger partial charge in [-0.25, -0.2) is 4.98 Å². The molecular formula is C29H34ClN7O2. The smallest absolute Gasteiger partial charge is 0.270 e. The maximum atomic E-state index is 13.4. The van der Waals surface area contributed by atoms with Crippen LogP contribution in [-0.2, 0) is 23.8 Å². The number of amides is 2. The van der Waals surface area contributed by atoms with Gasteiger partial charge in [0.2, 0.25) is 5.91 Å². The minimum atomic E-state index is -0.278. The fourth-order valence-electron chi connectivity index (χ4n) is 4.50. The summed E-state index contributed by atoms with van der Waals surface area (Å²) >= 11 is 6.44. The molecule has 2 aromatic carbocycles. The number of nitrogen functional groups attached to an aromatic ring is 1. The second-order valence-electron chi connectivity index (χ2n) is 10.6. The van der Waals surface area contributed by atoms with Gasteiger partial charge >= 0.3 is 0 Å². The molecule has 10 heteroatoms. The van der Waals surface area contributed by atoms with Crippen LogP contribution < -0.4 is 16.8 Å². The molecule has 1 aromatic heterocycles. The molecule has 3 aromatic rings. The summed E-state index contributed by atoms with van der Waals surface area (Å²) < 4.78 is 1.73. The van der Waals surface area contributed by atoms with E-state index in [1.807, 2.05) is 36.4 Å². The van der Waals surface area contributed by atoms with Crippen molar-refractivity contribution in [2.24, 2.45) is 17.8 Å². The number of imidazole rings is 1. The van der Waals surface area contributed by atoms with Crippen LogP contribution in [0.4, 0.5) is 5.69 Å². The number of aromatic nitrogens is 2. The summed E-state index contributed by atoms with van der Waals surface area (Å²) in [7, 11) is 1.78. The third-order valence-corrected chi connectivity index (χ3v) is 7.08. The number of benzene rings is 2. The number of nitrogens with two attached hydrogens (primary N) is 2. The molecule has 1 aliphatic rings. The molecule has 1 aliphatic heterocycles. The number of halogens is 1. The highest BCUT2D eigenvalue weighted by Gasteiger charge is 2.32. The van der Waals surface area contributed by atoms with Gasteiger partial charge in [0.05, 0.1) is 12.6 Å². The Morgan fingerprint density at radius 2 is 1.90 bits per heavy atom. The van der Waals surface area contributed by atoms with Crippen molar-refractivity contribution >= 4 is 34.9 Å². The van der Waals surface area contributed by atoms with Gasteiger partial charge in [0.25, 0.3) is 5.91 Å². The van der Waals surface area contributed by atoms with Crippen LogP contribution >= 0.6 is 11.6 Å². The van der Waals surface area contributed by atoms with E-state index in [0.717, 1.165) is 11.1 Å². The Morgan fingerprint density at radius 1 is 1.23 bits per heavy atom. The first-order valence-electron chi connectivity index (χ1n) is 12.6. The zero-order valence-corrected chi connectivity index (χ0v) is 23.4. The molecule has 0 aliphatic carbocycles. The Morgan fingerprint density at radius 3 is 2.51 bits per heavy atom. The first-order valence-corrected chi connectivity index (χ1v) is 13.0. The van der Waals surface area contributed by atoms with E-state index in [1.165, 1.54) is 6.08 Å². The first-order chi connectivity index (χ1) is 18.4. The fraction of sp³-hybridized carbons (Fsp3) is 0.310. The van der Waals surface area contributed by atoms with Crippen LogP contribution in [-0.4, -0.2) is 51.2 Å². The second kappa shape index (κ2) is 10.9. The molecule has 2 heterocycles. The van der Waals surface area contributed by atoms with Crippen molar-refractivity contribution in [2.45, 2.75) is 38.8 Å². The van der Waals surface area contributed by atoms with Crippen molar-refractivity contribution in [1.82, 2.24) is 19.8 Å². The number of anilines is 1. The number of hydrogen-bond acceptors (Lipinski definition) is 5. The number of aliphatic imine (C=N–C) groups is 1. The molecule has 5 N–H and O–H groups in total. The summed E-state index contributed by atoms with van der Waals surface area (Å²) in [5.41, 5.74) is 16.1. The quantitative estimate of drug-likeness (QED) is 0.180. The number of rotatable bonds is 7. The van der Waals surface area contributed by atoms with Gasteiger partial charge in [-0.3, -0.25) is 14.6 Å². The Labute approximate surface area is 233 Å². The first kappa shape index (κ1) is 27.9.